The molecule has 3 aromatic rings. The van der Waals surface area contributed by atoms with E-state index in [1.165, 1.54) is 0 Å². The van der Waals surface area contributed by atoms with Gasteiger partial charge in [-0.15, -0.1) is 0 Å². The minimum absolute atomic E-state index is 0.320. The third kappa shape index (κ3) is 2.19. The van der Waals surface area contributed by atoms with Gasteiger partial charge >= 0.3 is 14.2 Å². The van der Waals surface area contributed by atoms with Gasteiger partial charge in [0.1, 0.15) is 0 Å². The summed E-state index contributed by atoms with van der Waals surface area (Å²) in [5.41, 5.74) is 2.20. The molecule has 5 rings (SSSR count). The van der Waals surface area contributed by atoms with Crippen molar-refractivity contribution in [2.24, 2.45) is 0 Å². The van der Waals surface area contributed by atoms with Gasteiger partial charge in [-0.25, -0.2) is 0 Å². The van der Waals surface area contributed by atoms with Gasteiger partial charge in [0.15, 0.2) is 0 Å². The maximum absolute atomic E-state index is 5.84. The predicted octanol–water partition coefficient (Wildman–Crippen LogP) is 1.48. The maximum atomic E-state index is 5.84. The molecule has 0 radical (unpaired) electrons. The largest absolute Gasteiger partial charge is 0.495 e. The average molecular weight is 318 g/mol. The van der Waals surface area contributed by atoms with E-state index in [1.807, 2.05) is 0 Å². The monoisotopic (exact) mass is 318 g/mol. The summed E-state index contributed by atoms with van der Waals surface area (Å²) in [6, 6.07) is 16.7. The molecule has 0 unspecified atom stereocenters. The van der Waals surface area contributed by atoms with E-state index in [1.54, 1.807) is 0 Å². The number of hydrogen-bond acceptors (Lipinski definition) is 4. The number of benzene rings is 3. The van der Waals surface area contributed by atoms with E-state index < -0.39 is 0 Å². The van der Waals surface area contributed by atoms with Crippen LogP contribution in [0.15, 0.2) is 48.5 Å². The van der Waals surface area contributed by atoms with Gasteiger partial charge in [0.25, 0.3) is 0 Å². The van der Waals surface area contributed by atoms with Crippen LogP contribution in [-0.2, 0) is 18.6 Å². The second kappa shape index (κ2) is 5.90. The second-order valence-electron chi connectivity index (χ2n) is 6.07. The van der Waals surface area contributed by atoms with Crippen molar-refractivity contribution < 1.29 is 18.6 Å². The molecule has 2 aliphatic rings. The molecule has 4 nitrogen and oxygen atoms in total. The fraction of sp³-hybridized carbons (Fsp3) is 0.222. The first-order valence-electron chi connectivity index (χ1n) is 8.33. The van der Waals surface area contributed by atoms with Crippen molar-refractivity contribution in [3.8, 4) is 0 Å². The molecule has 2 fully saturated rings. The summed E-state index contributed by atoms with van der Waals surface area (Å²) in [4.78, 5) is 0. The van der Waals surface area contributed by atoms with Crippen LogP contribution in [0.25, 0.3) is 21.5 Å². The molecule has 0 spiro atoms. The molecule has 2 saturated heterocycles. The van der Waals surface area contributed by atoms with Crippen LogP contribution in [0.5, 0.6) is 0 Å². The molecule has 2 aliphatic heterocycles. The van der Waals surface area contributed by atoms with E-state index in [0.717, 1.165) is 32.5 Å². The highest BCUT2D eigenvalue weighted by molar-refractivity contribution is 6.73. The quantitative estimate of drug-likeness (QED) is 0.530. The molecule has 0 aromatic heterocycles. The average Bonchev–Trinajstić information content (AvgIpc) is 3.33. The van der Waals surface area contributed by atoms with Crippen molar-refractivity contribution in [1.82, 2.24) is 0 Å². The summed E-state index contributed by atoms with van der Waals surface area (Å²) < 4.78 is 23.3. The normalized spacial score (nSPS) is 18.2. The number of fused-ring (bicyclic) bond motifs is 2. The Morgan fingerprint density at radius 2 is 0.792 bits per heavy atom. The number of hydrogen-bond donors (Lipinski definition) is 0. The first-order chi connectivity index (χ1) is 11.9. The molecular formula is C18H16B2O4. The topological polar surface area (TPSA) is 36.9 Å². The van der Waals surface area contributed by atoms with Gasteiger partial charge in [-0.2, -0.15) is 0 Å². The van der Waals surface area contributed by atoms with Crippen LogP contribution in [0, 0.1) is 0 Å². The molecule has 0 atom stereocenters. The third-order valence-corrected chi connectivity index (χ3v) is 4.73. The lowest BCUT2D eigenvalue weighted by Gasteiger charge is -2.18. The zero-order chi connectivity index (χ0) is 15.9. The van der Waals surface area contributed by atoms with Crippen LogP contribution in [-0.4, -0.2) is 40.7 Å². The Hall–Kier alpha value is -1.85. The van der Waals surface area contributed by atoms with Crippen LogP contribution in [0.4, 0.5) is 0 Å². The van der Waals surface area contributed by atoms with Crippen molar-refractivity contribution in [3.63, 3.8) is 0 Å². The third-order valence-electron chi connectivity index (χ3n) is 4.73. The predicted molar refractivity (Wildman–Crippen MR) is 96.0 cm³/mol. The van der Waals surface area contributed by atoms with Crippen molar-refractivity contribution in [3.05, 3.63) is 48.5 Å². The summed E-state index contributed by atoms with van der Waals surface area (Å²) >= 11 is 0. The van der Waals surface area contributed by atoms with Gasteiger partial charge in [-0.3, -0.25) is 0 Å². The van der Waals surface area contributed by atoms with Crippen molar-refractivity contribution in [2.45, 2.75) is 0 Å². The van der Waals surface area contributed by atoms with Gasteiger partial charge in [-0.05, 0) is 32.5 Å². The lowest BCUT2D eigenvalue weighted by atomic mass is 9.66. The first kappa shape index (κ1) is 14.5. The minimum Gasteiger partial charge on any atom is -0.405 e. The van der Waals surface area contributed by atoms with E-state index >= 15 is 0 Å². The molecule has 2 heterocycles. The Balaban J connectivity index is 1.89. The van der Waals surface area contributed by atoms with E-state index in [-0.39, 0.29) is 14.2 Å². The van der Waals surface area contributed by atoms with Gasteiger partial charge in [0, 0.05) is 0 Å². The second-order valence-corrected chi connectivity index (χ2v) is 6.07. The van der Waals surface area contributed by atoms with Gasteiger partial charge in [0.2, 0.25) is 0 Å². The molecule has 0 saturated carbocycles. The zero-order valence-electron chi connectivity index (χ0n) is 13.2. The van der Waals surface area contributed by atoms with Crippen molar-refractivity contribution in [1.29, 1.82) is 0 Å². The molecule has 3 aromatic carbocycles. The Morgan fingerprint density at radius 3 is 1.08 bits per heavy atom. The lowest BCUT2D eigenvalue weighted by Crippen LogP contribution is -2.39. The molecule has 118 valence electrons. The number of rotatable bonds is 2. The maximum Gasteiger partial charge on any atom is 0.495 e. The van der Waals surface area contributed by atoms with Crippen LogP contribution in [0.2, 0.25) is 0 Å². The van der Waals surface area contributed by atoms with E-state index in [9.17, 15) is 0 Å². The molecular weight excluding hydrogens is 302 g/mol. The summed E-state index contributed by atoms with van der Waals surface area (Å²) in [6.45, 7) is 2.52. The van der Waals surface area contributed by atoms with E-state index in [4.69, 9.17) is 18.6 Å². The van der Waals surface area contributed by atoms with Crippen LogP contribution >= 0.6 is 0 Å². The Morgan fingerprint density at radius 1 is 0.500 bits per heavy atom. The summed E-state index contributed by atoms with van der Waals surface area (Å²) in [5, 5.41) is 4.55. The molecule has 0 bridgehead atoms. The smallest absolute Gasteiger partial charge is 0.405 e. The lowest BCUT2D eigenvalue weighted by molar-refractivity contribution is 0.365. The summed E-state index contributed by atoms with van der Waals surface area (Å²) in [6.07, 6.45) is 0. The summed E-state index contributed by atoms with van der Waals surface area (Å²) in [5.74, 6) is 0. The Kier molecular flexibility index (Phi) is 3.56. The van der Waals surface area contributed by atoms with E-state index in [2.05, 4.69) is 48.5 Å². The highest BCUT2D eigenvalue weighted by atomic mass is 16.6. The zero-order valence-corrected chi connectivity index (χ0v) is 13.2. The Bertz CT molecular complexity index is 771. The molecule has 0 aliphatic carbocycles. The highest BCUT2D eigenvalue weighted by Crippen LogP contribution is 2.23. The highest BCUT2D eigenvalue weighted by Gasteiger charge is 2.35. The van der Waals surface area contributed by atoms with Crippen molar-refractivity contribution in [2.75, 3.05) is 26.4 Å². The molecule has 0 amide bonds. The fourth-order valence-electron chi connectivity index (χ4n) is 3.75. The van der Waals surface area contributed by atoms with Crippen LogP contribution < -0.4 is 10.9 Å². The Labute approximate surface area is 140 Å². The molecule has 6 heteroatoms. The van der Waals surface area contributed by atoms with Gasteiger partial charge in [0.05, 0.1) is 26.4 Å². The van der Waals surface area contributed by atoms with Crippen LogP contribution in [0.1, 0.15) is 0 Å². The minimum atomic E-state index is -0.320. The van der Waals surface area contributed by atoms with E-state index in [0.29, 0.717) is 26.4 Å². The van der Waals surface area contributed by atoms with Crippen molar-refractivity contribution >= 4 is 46.7 Å². The van der Waals surface area contributed by atoms with Crippen LogP contribution in [0.3, 0.4) is 0 Å². The summed E-state index contributed by atoms with van der Waals surface area (Å²) in [7, 11) is -0.640. The first-order valence-corrected chi connectivity index (χ1v) is 8.33. The fourth-order valence-corrected chi connectivity index (χ4v) is 3.75. The SMILES string of the molecule is c1ccc2c(B3OCCO3)c3ccccc3c(B3OCCO3)c2c1. The molecule has 24 heavy (non-hydrogen) atoms. The molecule has 0 N–H and O–H groups in total. The standard InChI is InChI=1S/C18H16B2O4/c1-2-6-14-13(5-1)17(19-21-9-10-22-19)15-7-3-4-8-16(15)18(14)20-23-11-12-24-20/h1-8H,9-12H2. The van der Waals surface area contributed by atoms with Gasteiger partial charge < -0.3 is 18.6 Å². The van der Waals surface area contributed by atoms with Gasteiger partial charge in [-0.1, -0.05) is 48.5 Å².